The average Bonchev–Trinajstić information content (AvgIpc) is 2.92. The molecule has 122 valence electrons. The number of rotatable bonds is 3. The third-order valence-electron chi connectivity index (χ3n) is 4.45. The molecule has 0 spiro atoms. The summed E-state index contributed by atoms with van der Waals surface area (Å²) in [6.07, 6.45) is 5.57. The Morgan fingerprint density at radius 1 is 1.26 bits per heavy atom. The van der Waals surface area contributed by atoms with Crippen molar-refractivity contribution in [1.29, 1.82) is 0 Å². The highest BCUT2D eigenvalue weighted by molar-refractivity contribution is 5.93. The van der Waals surface area contributed by atoms with Gasteiger partial charge in [0.2, 0.25) is 0 Å². The Bertz CT molecular complexity index is 719. The highest BCUT2D eigenvalue weighted by Crippen LogP contribution is 2.20. The molecule has 0 saturated heterocycles. The van der Waals surface area contributed by atoms with Crippen LogP contribution in [0.5, 0.6) is 0 Å². The van der Waals surface area contributed by atoms with E-state index in [0.29, 0.717) is 17.1 Å². The normalized spacial score (nSPS) is 15.6. The maximum atomic E-state index is 13.5. The number of carbonyl (C=O) groups is 1. The second kappa shape index (κ2) is 6.48. The Balaban J connectivity index is 1.84. The predicted molar refractivity (Wildman–Crippen MR) is 85.1 cm³/mol. The van der Waals surface area contributed by atoms with Crippen molar-refractivity contribution in [3.05, 3.63) is 41.0 Å². The molecule has 0 radical (unpaired) electrons. The van der Waals surface area contributed by atoms with E-state index in [4.69, 9.17) is 0 Å². The molecule has 1 aliphatic carbocycles. The summed E-state index contributed by atoms with van der Waals surface area (Å²) < 4.78 is 15.0. The average molecular weight is 316 g/mol. The van der Waals surface area contributed by atoms with E-state index in [-0.39, 0.29) is 17.8 Å². The van der Waals surface area contributed by atoms with Crippen LogP contribution < -0.4 is 5.32 Å². The molecular formula is C17H21FN4O. The van der Waals surface area contributed by atoms with Gasteiger partial charge in [-0.15, -0.1) is 5.10 Å². The first-order valence-corrected chi connectivity index (χ1v) is 8.06. The largest absolute Gasteiger partial charge is 0.348 e. The van der Waals surface area contributed by atoms with Crippen molar-refractivity contribution < 1.29 is 9.18 Å². The summed E-state index contributed by atoms with van der Waals surface area (Å²) in [5.41, 5.74) is 2.40. The third kappa shape index (κ3) is 3.25. The number of hydrogen-bond acceptors (Lipinski definition) is 3. The molecule has 0 aliphatic heterocycles. The van der Waals surface area contributed by atoms with Gasteiger partial charge in [0.05, 0.1) is 11.4 Å². The van der Waals surface area contributed by atoms with Gasteiger partial charge < -0.3 is 5.32 Å². The summed E-state index contributed by atoms with van der Waals surface area (Å²) in [5, 5.41) is 11.1. The molecule has 1 saturated carbocycles. The van der Waals surface area contributed by atoms with E-state index in [2.05, 4.69) is 15.6 Å². The lowest BCUT2D eigenvalue weighted by atomic mass is 9.95. The number of hydrogen-bond donors (Lipinski definition) is 1. The Hall–Kier alpha value is -2.24. The van der Waals surface area contributed by atoms with E-state index in [1.54, 1.807) is 13.0 Å². The number of carbonyl (C=O) groups excluding carboxylic acids is 1. The van der Waals surface area contributed by atoms with E-state index in [1.165, 1.54) is 23.2 Å². The fourth-order valence-corrected chi connectivity index (χ4v) is 3.08. The van der Waals surface area contributed by atoms with Gasteiger partial charge in [-0.1, -0.05) is 30.5 Å². The molecule has 0 atom stereocenters. The van der Waals surface area contributed by atoms with Crippen LogP contribution in [0.15, 0.2) is 18.2 Å². The van der Waals surface area contributed by atoms with Crippen LogP contribution in [-0.2, 0) is 0 Å². The first-order chi connectivity index (χ1) is 11.1. The second-order valence-corrected chi connectivity index (χ2v) is 6.17. The molecule has 1 amide bonds. The van der Waals surface area contributed by atoms with Crippen LogP contribution in [0.4, 0.5) is 4.39 Å². The summed E-state index contributed by atoms with van der Waals surface area (Å²) in [5.74, 6) is -0.539. The fraction of sp³-hybridized carbons (Fsp3) is 0.471. The van der Waals surface area contributed by atoms with Crippen molar-refractivity contribution in [1.82, 2.24) is 20.3 Å². The highest BCUT2D eigenvalue weighted by atomic mass is 19.1. The Morgan fingerprint density at radius 3 is 2.74 bits per heavy atom. The van der Waals surface area contributed by atoms with E-state index in [0.717, 1.165) is 31.2 Å². The lowest BCUT2D eigenvalue weighted by Crippen LogP contribution is -2.36. The first kappa shape index (κ1) is 15.6. The molecule has 1 aromatic heterocycles. The molecule has 1 heterocycles. The van der Waals surface area contributed by atoms with Gasteiger partial charge >= 0.3 is 0 Å². The van der Waals surface area contributed by atoms with Crippen LogP contribution in [0.25, 0.3) is 5.69 Å². The van der Waals surface area contributed by atoms with Crippen molar-refractivity contribution in [3.8, 4) is 5.69 Å². The predicted octanol–water partition coefficient (Wildman–Crippen LogP) is 3.09. The van der Waals surface area contributed by atoms with Crippen LogP contribution in [-0.4, -0.2) is 26.9 Å². The summed E-state index contributed by atoms with van der Waals surface area (Å²) >= 11 is 0. The maximum absolute atomic E-state index is 13.5. The molecule has 0 bridgehead atoms. The molecule has 1 aliphatic rings. The number of aromatic nitrogens is 3. The molecule has 2 aromatic rings. The number of nitrogens with zero attached hydrogens (tertiary/aromatic N) is 3. The molecule has 23 heavy (non-hydrogen) atoms. The Labute approximate surface area is 134 Å². The van der Waals surface area contributed by atoms with Crippen LogP contribution in [0.3, 0.4) is 0 Å². The van der Waals surface area contributed by atoms with E-state index >= 15 is 0 Å². The van der Waals surface area contributed by atoms with Gasteiger partial charge in [0.1, 0.15) is 5.82 Å². The number of nitrogens with one attached hydrogen (secondary N) is 1. The molecule has 5 nitrogen and oxygen atoms in total. The van der Waals surface area contributed by atoms with Gasteiger partial charge in [-0.2, -0.15) is 0 Å². The van der Waals surface area contributed by atoms with Crippen molar-refractivity contribution in [2.75, 3.05) is 0 Å². The SMILES string of the molecule is Cc1ccc(F)cc1-n1nnc(C(=O)NC2CCCCC2)c1C. The summed E-state index contributed by atoms with van der Waals surface area (Å²) in [6.45, 7) is 3.65. The summed E-state index contributed by atoms with van der Waals surface area (Å²) in [6, 6.07) is 4.71. The van der Waals surface area contributed by atoms with E-state index < -0.39 is 0 Å². The van der Waals surface area contributed by atoms with Crippen molar-refractivity contribution in [3.63, 3.8) is 0 Å². The molecule has 1 aromatic carbocycles. The van der Waals surface area contributed by atoms with E-state index in [1.807, 2.05) is 6.92 Å². The zero-order valence-electron chi connectivity index (χ0n) is 13.5. The number of aryl methyl sites for hydroxylation is 1. The molecular weight excluding hydrogens is 295 g/mol. The van der Waals surface area contributed by atoms with Crippen LogP contribution in [0.1, 0.15) is 53.8 Å². The van der Waals surface area contributed by atoms with Crippen LogP contribution >= 0.6 is 0 Å². The van der Waals surface area contributed by atoms with Crippen molar-refractivity contribution >= 4 is 5.91 Å². The quantitative estimate of drug-likeness (QED) is 0.946. The standard InChI is InChI=1S/C17H21FN4O/c1-11-8-9-13(18)10-15(11)22-12(2)16(20-21-22)17(23)19-14-6-4-3-5-7-14/h8-10,14H,3-7H2,1-2H3,(H,19,23). The first-order valence-electron chi connectivity index (χ1n) is 8.06. The molecule has 1 fully saturated rings. The minimum absolute atomic E-state index is 0.199. The minimum atomic E-state index is -0.339. The van der Waals surface area contributed by atoms with Gasteiger partial charge in [-0.25, -0.2) is 9.07 Å². The van der Waals surface area contributed by atoms with Crippen LogP contribution in [0.2, 0.25) is 0 Å². The Kier molecular flexibility index (Phi) is 4.41. The summed E-state index contributed by atoms with van der Waals surface area (Å²) in [7, 11) is 0. The van der Waals surface area contributed by atoms with Gasteiger partial charge in [0, 0.05) is 6.04 Å². The van der Waals surface area contributed by atoms with Gasteiger partial charge in [-0.05, 0) is 44.4 Å². The van der Waals surface area contributed by atoms with Crippen LogP contribution in [0, 0.1) is 19.7 Å². The zero-order chi connectivity index (χ0) is 16.4. The smallest absolute Gasteiger partial charge is 0.273 e. The molecule has 3 rings (SSSR count). The number of halogens is 1. The third-order valence-corrected chi connectivity index (χ3v) is 4.45. The van der Waals surface area contributed by atoms with Gasteiger partial charge in [-0.3, -0.25) is 4.79 Å². The minimum Gasteiger partial charge on any atom is -0.348 e. The van der Waals surface area contributed by atoms with E-state index in [9.17, 15) is 9.18 Å². The monoisotopic (exact) mass is 316 g/mol. The molecule has 6 heteroatoms. The Morgan fingerprint density at radius 2 is 2.00 bits per heavy atom. The zero-order valence-corrected chi connectivity index (χ0v) is 13.5. The van der Waals surface area contributed by atoms with Gasteiger partial charge in [0.15, 0.2) is 5.69 Å². The number of amides is 1. The lowest BCUT2D eigenvalue weighted by Gasteiger charge is -2.22. The second-order valence-electron chi connectivity index (χ2n) is 6.17. The number of benzene rings is 1. The molecule has 0 unspecified atom stereocenters. The van der Waals surface area contributed by atoms with Crippen molar-refractivity contribution in [2.45, 2.75) is 52.0 Å². The topological polar surface area (TPSA) is 59.8 Å². The van der Waals surface area contributed by atoms with Crippen molar-refractivity contribution in [2.24, 2.45) is 0 Å². The molecule has 1 N–H and O–H groups in total. The maximum Gasteiger partial charge on any atom is 0.273 e. The summed E-state index contributed by atoms with van der Waals surface area (Å²) in [4.78, 5) is 12.4. The van der Waals surface area contributed by atoms with Gasteiger partial charge in [0.25, 0.3) is 5.91 Å². The lowest BCUT2D eigenvalue weighted by molar-refractivity contribution is 0.0922. The highest BCUT2D eigenvalue weighted by Gasteiger charge is 2.22. The fourth-order valence-electron chi connectivity index (χ4n) is 3.08.